The predicted molar refractivity (Wildman–Crippen MR) is 46.9 cm³/mol. The quantitative estimate of drug-likeness (QED) is 0.597. The summed E-state index contributed by atoms with van der Waals surface area (Å²) >= 11 is 4.59. The molecule has 1 heterocycles. The zero-order valence-electron chi connectivity index (χ0n) is 5.31. The van der Waals surface area contributed by atoms with Gasteiger partial charge < -0.3 is 0 Å². The van der Waals surface area contributed by atoms with E-state index in [-0.39, 0.29) is 0 Å². The maximum Gasteiger partial charge on any atom is 0.130 e. The van der Waals surface area contributed by atoms with Crippen LogP contribution in [-0.2, 0) is 0 Å². The smallest absolute Gasteiger partial charge is 0.130 e. The van der Waals surface area contributed by atoms with Gasteiger partial charge in [-0.3, -0.25) is 0 Å². The highest BCUT2D eigenvalue weighted by molar-refractivity contribution is 9.10. The Labute approximate surface area is 73.2 Å². The zero-order valence-corrected chi connectivity index (χ0v) is 7.71. The minimum atomic E-state index is 0.675. The summed E-state index contributed by atoms with van der Waals surface area (Å²) < 4.78 is 1.53. The lowest BCUT2D eigenvalue weighted by Gasteiger charge is -1.85. The minimum Gasteiger partial charge on any atom is -0.192 e. The molecule has 0 aromatic carbocycles. The molecule has 0 aliphatic carbocycles. The van der Waals surface area contributed by atoms with Crippen molar-refractivity contribution in [3.8, 4) is 6.07 Å². The molecule has 0 spiro atoms. The molecular weight excluding hydrogens is 209 g/mol. The number of hydrogen-bond acceptors (Lipinski definition) is 2. The predicted octanol–water partition coefficient (Wildman–Crippen LogP) is 1.48. The second kappa shape index (κ2) is 2.77. The Hall–Kier alpha value is -0.265. The molecule has 0 saturated carbocycles. The Morgan fingerprint density at radius 1 is 1.70 bits per heavy atom. The fourth-order valence-corrected chi connectivity index (χ4v) is 1.96. The molecule has 0 N–H and O–H groups in total. The summed E-state index contributed by atoms with van der Waals surface area (Å²) in [5.74, 6) is 0. The molecule has 0 unspecified atom stereocenters. The molecular formula is C6H3BBrNS. The monoisotopic (exact) mass is 211 g/mol. The molecule has 1 aromatic heterocycles. The lowest BCUT2D eigenvalue weighted by atomic mass is 10.1. The summed E-state index contributed by atoms with van der Waals surface area (Å²) in [7, 11) is 5.54. The average Bonchev–Trinajstić information content (AvgIpc) is 2.17. The van der Waals surface area contributed by atoms with E-state index >= 15 is 0 Å². The van der Waals surface area contributed by atoms with Crippen molar-refractivity contribution in [2.75, 3.05) is 0 Å². The Bertz CT molecular complexity index is 299. The van der Waals surface area contributed by atoms with Gasteiger partial charge in [0.15, 0.2) is 0 Å². The van der Waals surface area contributed by atoms with Crippen LogP contribution in [0.4, 0.5) is 0 Å². The summed E-state index contributed by atoms with van der Waals surface area (Å²) in [5.41, 5.74) is 0.935. The van der Waals surface area contributed by atoms with Crippen molar-refractivity contribution < 1.29 is 0 Å². The van der Waals surface area contributed by atoms with Crippen LogP contribution in [0.5, 0.6) is 0 Å². The summed E-state index contributed by atoms with van der Waals surface area (Å²) in [4.78, 5) is 0.685. The van der Waals surface area contributed by atoms with Crippen LogP contribution in [0.3, 0.4) is 0 Å². The van der Waals surface area contributed by atoms with Crippen LogP contribution < -0.4 is 4.78 Å². The highest BCUT2D eigenvalue weighted by atomic mass is 79.9. The van der Waals surface area contributed by atoms with Crippen LogP contribution in [0, 0.1) is 18.3 Å². The first kappa shape index (κ1) is 7.84. The molecule has 4 heteroatoms. The van der Waals surface area contributed by atoms with Crippen molar-refractivity contribution >= 4 is 39.9 Å². The minimum absolute atomic E-state index is 0.675. The molecule has 0 atom stereocenters. The van der Waals surface area contributed by atoms with Crippen molar-refractivity contribution in [2.24, 2.45) is 0 Å². The van der Waals surface area contributed by atoms with E-state index in [1.165, 1.54) is 11.3 Å². The van der Waals surface area contributed by atoms with Crippen molar-refractivity contribution in [2.45, 2.75) is 6.92 Å². The number of hydrogen-bond donors (Lipinski definition) is 0. The van der Waals surface area contributed by atoms with E-state index in [1.807, 2.05) is 6.92 Å². The van der Waals surface area contributed by atoms with Gasteiger partial charge in [0.25, 0.3) is 0 Å². The van der Waals surface area contributed by atoms with Gasteiger partial charge in [0.1, 0.15) is 18.8 Å². The van der Waals surface area contributed by atoms with Crippen LogP contribution in [0.25, 0.3) is 0 Å². The molecule has 0 saturated heterocycles. The molecule has 1 nitrogen and oxygen atoms in total. The first-order valence-corrected chi connectivity index (χ1v) is 4.22. The Morgan fingerprint density at radius 2 is 2.30 bits per heavy atom. The van der Waals surface area contributed by atoms with Crippen LogP contribution >= 0.6 is 27.3 Å². The molecule has 1 rings (SSSR count). The Balaban J connectivity index is 3.34. The second-order valence-corrected chi connectivity index (χ2v) is 3.69. The number of nitrogens with zero attached hydrogens (tertiary/aromatic N) is 1. The highest BCUT2D eigenvalue weighted by Crippen LogP contribution is 2.22. The summed E-state index contributed by atoms with van der Waals surface area (Å²) in [6, 6.07) is 2.07. The number of rotatable bonds is 0. The van der Waals surface area contributed by atoms with E-state index in [1.54, 1.807) is 0 Å². The van der Waals surface area contributed by atoms with Crippen molar-refractivity contribution in [3.05, 3.63) is 14.9 Å². The van der Waals surface area contributed by atoms with Gasteiger partial charge in [0.05, 0.1) is 0 Å². The number of halogens is 1. The van der Waals surface area contributed by atoms with Gasteiger partial charge in [-0.15, -0.1) is 11.3 Å². The Morgan fingerprint density at radius 3 is 2.50 bits per heavy atom. The van der Waals surface area contributed by atoms with Crippen molar-refractivity contribution in [3.63, 3.8) is 0 Å². The molecule has 0 fully saturated rings. The third kappa shape index (κ3) is 1.12. The molecule has 0 bridgehead atoms. The van der Waals surface area contributed by atoms with Gasteiger partial charge in [-0.2, -0.15) is 5.26 Å². The van der Waals surface area contributed by atoms with Gasteiger partial charge >= 0.3 is 0 Å². The molecule has 1 aromatic rings. The van der Waals surface area contributed by atoms with Crippen molar-refractivity contribution in [1.29, 1.82) is 5.26 Å². The SMILES string of the molecule is [B]c1sc(C#N)c(C)c1Br. The Kier molecular flexibility index (Phi) is 2.17. The first-order chi connectivity index (χ1) is 4.66. The third-order valence-electron chi connectivity index (χ3n) is 1.20. The largest absolute Gasteiger partial charge is 0.192 e. The standard InChI is InChI=1S/C6H3BBrNS/c1-3-4(2-9)10-6(7)5(3)8/h1H3. The van der Waals surface area contributed by atoms with E-state index in [0.29, 0.717) is 9.65 Å². The molecule has 48 valence electrons. The van der Waals surface area contributed by atoms with E-state index in [9.17, 15) is 0 Å². The fourth-order valence-electron chi connectivity index (χ4n) is 0.622. The number of thiophene rings is 1. The summed E-state index contributed by atoms with van der Waals surface area (Å²) in [6.07, 6.45) is 0. The lowest BCUT2D eigenvalue weighted by Crippen LogP contribution is -1.94. The molecule has 0 aliphatic heterocycles. The first-order valence-electron chi connectivity index (χ1n) is 2.61. The number of nitriles is 1. The van der Waals surface area contributed by atoms with Gasteiger partial charge in [-0.1, -0.05) is 15.9 Å². The molecule has 0 amide bonds. The van der Waals surface area contributed by atoms with Crippen LogP contribution in [-0.4, -0.2) is 7.85 Å². The van der Waals surface area contributed by atoms with Gasteiger partial charge in [0, 0.05) is 4.47 Å². The molecule has 2 radical (unpaired) electrons. The third-order valence-corrected chi connectivity index (χ3v) is 3.51. The van der Waals surface area contributed by atoms with Gasteiger partial charge in [-0.25, -0.2) is 0 Å². The highest BCUT2D eigenvalue weighted by Gasteiger charge is 2.07. The lowest BCUT2D eigenvalue weighted by molar-refractivity contribution is 1.45. The maximum atomic E-state index is 8.54. The molecule has 0 aliphatic rings. The van der Waals surface area contributed by atoms with Gasteiger partial charge in [-0.05, 0) is 17.3 Å². The second-order valence-electron chi connectivity index (χ2n) is 1.85. The van der Waals surface area contributed by atoms with E-state index in [4.69, 9.17) is 13.1 Å². The maximum absolute atomic E-state index is 8.54. The normalized spacial score (nSPS) is 9.30. The fraction of sp³-hybridized carbons (Fsp3) is 0.167. The van der Waals surface area contributed by atoms with E-state index in [0.717, 1.165) is 10.0 Å². The molecule has 10 heavy (non-hydrogen) atoms. The van der Waals surface area contributed by atoms with Crippen LogP contribution in [0.15, 0.2) is 4.47 Å². The van der Waals surface area contributed by atoms with Gasteiger partial charge in [0.2, 0.25) is 0 Å². The summed E-state index contributed by atoms with van der Waals surface area (Å²) in [6.45, 7) is 1.87. The average molecular weight is 212 g/mol. The summed E-state index contributed by atoms with van der Waals surface area (Å²) in [5, 5.41) is 8.54. The zero-order chi connectivity index (χ0) is 7.72. The van der Waals surface area contributed by atoms with Crippen LogP contribution in [0.1, 0.15) is 10.4 Å². The van der Waals surface area contributed by atoms with E-state index < -0.39 is 0 Å². The van der Waals surface area contributed by atoms with Crippen LogP contribution in [0.2, 0.25) is 0 Å². The van der Waals surface area contributed by atoms with Crippen molar-refractivity contribution in [1.82, 2.24) is 0 Å². The topological polar surface area (TPSA) is 23.8 Å². The van der Waals surface area contributed by atoms with E-state index in [2.05, 4.69) is 22.0 Å².